The average molecular weight is 313 g/mol. The van der Waals surface area contributed by atoms with E-state index in [1.165, 1.54) is 0 Å². The zero-order chi connectivity index (χ0) is 14.9. The second kappa shape index (κ2) is 5.78. The van der Waals surface area contributed by atoms with Gasteiger partial charge in [0, 0.05) is 10.4 Å². The molecule has 0 unspecified atom stereocenters. The number of thiophene rings is 1. The fraction of sp³-hybridized carbons (Fsp3) is 0.214. The van der Waals surface area contributed by atoms with Gasteiger partial charge in [0.15, 0.2) is 0 Å². The summed E-state index contributed by atoms with van der Waals surface area (Å²) in [5.74, 6) is -1.32. The molecule has 20 heavy (non-hydrogen) atoms. The van der Waals surface area contributed by atoms with Crippen LogP contribution in [0.2, 0.25) is 5.02 Å². The van der Waals surface area contributed by atoms with E-state index in [9.17, 15) is 8.78 Å². The highest BCUT2D eigenvalue weighted by atomic mass is 35.5. The molecule has 0 radical (unpaired) electrons. The first-order chi connectivity index (χ1) is 9.49. The van der Waals surface area contributed by atoms with Gasteiger partial charge in [-0.05, 0) is 24.1 Å². The second-order valence-electron chi connectivity index (χ2n) is 4.26. The number of rotatable bonds is 3. The van der Waals surface area contributed by atoms with Crippen LogP contribution in [0.1, 0.15) is 23.8 Å². The van der Waals surface area contributed by atoms with Crippen LogP contribution in [-0.2, 0) is 6.42 Å². The molecular weight excluding hydrogens is 302 g/mol. The Morgan fingerprint density at radius 2 is 2.05 bits per heavy atom. The highest BCUT2D eigenvalue weighted by Crippen LogP contribution is 2.41. The molecule has 0 atom stereocenters. The molecule has 0 saturated heterocycles. The zero-order valence-electron chi connectivity index (χ0n) is 10.6. The first-order valence-corrected chi connectivity index (χ1v) is 7.15. The Hall–Kier alpha value is -1.64. The van der Waals surface area contributed by atoms with E-state index in [0.29, 0.717) is 27.4 Å². The van der Waals surface area contributed by atoms with E-state index in [2.05, 4.69) is 0 Å². The lowest BCUT2D eigenvalue weighted by Crippen LogP contribution is -1.94. The standard InChI is InChI=1S/C14H11ClF2N2S/c1-2-3-7-13(19)12(6-18)20-14(7)8-4-11(17)9(15)5-10(8)16/h4-5H,2-3,19H2,1H3. The zero-order valence-corrected chi connectivity index (χ0v) is 12.2. The summed E-state index contributed by atoms with van der Waals surface area (Å²) in [6.45, 7) is 1.95. The van der Waals surface area contributed by atoms with Gasteiger partial charge in [-0.2, -0.15) is 5.26 Å². The number of nitrogens with zero attached hydrogens (tertiary/aromatic N) is 1. The van der Waals surface area contributed by atoms with Crippen molar-refractivity contribution in [2.24, 2.45) is 0 Å². The summed E-state index contributed by atoms with van der Waals surface area (Å²) in [7, 11) is 0. The second-order valence-corrected chi connectivity index (χ2v) is 5.69. The van der Waals surface area contributed by atoms with Crippen molar-refractivity contribution < 1.29 is 8.78 Å². The van der Waals surface area contributed by atoms with Gasteiger partial charge in [-0.1, -0.05) is 24.9 Å². The molecule has 1 aromatic carbocycles. The van der Waals surface area contributed by atoms with E-state index in [0.717, 1.165) is 29.9 Å². The molecule has 2 rings (SSSR count). The third-order valence-electron chi connectivity index (χ3n) is 2.90. The van der Waals surface area contributed by atoms with Gasteiger partial charge in [-0.15, -0.1) is 11.3 Å². The van der Waals surface area contributed by atoms with Crippen LogP contribution in [0.4, 0.5) is 14.5 Å². The van der Waals surface area contributed by atoms with Gasteiger partial charge in [0.1, 0.15) is 22.6 Å². The summed E-state index contributed by atoms with van der Waals surface area (Å²) in [5.41, 5.74) is 7.03. The summed E-state index contributed by atoms with van der Waals surface area (Å²) in [6, 6.07) is 3.96. The minimum absolute atomic E-state index is 0.0912. The molecule has 0 saturated carbocycles. The van der Waals surface area contributed by atoms with E-state index >= 15 is 0 Å². The molecule has 0 amide bonds. The summed E-state index contributed by atoms with van der Waals surface area (Å²) >= 11 is 6.62. The summed E-state index contributed by atoms with van der Waals surface area (Å²) in [6.07, 6.45) is 1.39. The van der Waals surface area contributed by atoms with Crippen molar-refractivity contribution in [3.05, 3.63) is 39.2 Å². The van der Waals surface area contributed by atoms with Gasteiger partial charge >= 0.3 is 0 Å². The van der Waals surface area contributed by atoms with E-state index in [1.807, 2.05) is 13.0 Å². The molecule has 1 aromatic heterocycles. The normalized spacial score (nSPS) is 10.6. The van der Waals surface area contributed by atoms with Gasteiger partial charge in [-0.3, -0.25) is 0 Å². The maximum atomic E-state index is 14.0. The third-order valence-corrected chi connectivity index (χ3v) is 4.38. The predicted molar refractivity (Wildman–Crippen MR) is 77.8 cm³/mol. The first-order valence-electron chi connectivity index (χ1n) is 5.95. The lowest BCUT2D eigenvalue weighted by Gasteiger charge is -2.06. The Labute approximate surface area is 124 Å². The molecule has 6 heteroatoms. The number of nitriles is 1. The Bertz CT molecular complexity index is 704. The van der Waals surface area contributed by atoms with Gasteiger partial charge < -0.3 is 5.73 Å². The molecule has 2 N–H and O–H groups in total. The number of halogens is 3. The molecule has 0 bridgehead atoms. The molecule has 0 aliphatic heterocycles. The van der Waals surface area contributed by atoms with Crippen LogP contribution < -0.4 is 5.73 Å². The van der Waals surface area contributed by atoms with E-state index < -0.39 is 11.6 Å². The first kappa shape index (κ1) is 14.8. The maximum Gasteiger partial charge on any atom is 0.142 e. The largest absolute Gasteiger partial charge is 0.397 e. The van der Waals surface area contributed by atoms with Crippen molar-refractivity contribution >= 4 is 28.6 Å². The minimum Gasteiger partial charge on any atom is -0.397 e. The van der Waals surface area contributed by atoms with Crippen molar-refractivity contribution in [2.75, 3.05) is 5.73 Å². The SMILES string of the molecule is CCCc1c(-c2cc(F)c(Cl)cc2F)sc(C#N)c1N. The predicted octanol–water partition coefficient (Wildman–Crippen LogP) is 4.75. The van der Waals surface area contributed by atoms with Crippen LogP contribution in [-0.4, -0.2) is 0 Å². The Balaban J connectivity index is 2.69. The van der Waals surface area contributed by atoms with E-state index in [4.69, 9.17) is 22.6 Å². The highest BCUT2D eigenvalue weighted by molar-refractivity contribution is 7.16. The number of benzene rings is 1. The van der Waals surface area contributed by atoms with Gasteiger partial charge in [0.2, 0.25) is 0 Å². The fourth-order valence-electron chi connectivity index (χ4n) is 1.97. The lowest BCUT2D eigenvalue weighted by molar-refractivity contribution is 0.603. The molecule has 2 aromatic rings. The average Bonchev–Trinajstić information content (AvgIpc) is 2.72. The van der Waals surface area contributed by atoms with Crippen LogP contribution in [0, 0.1) is 23.0 Å². The van der Waals surface area contributed by atoms with Crippen LogP contribution >= 0.6 is 22.9 Å². The molecule has 0 aliphatic rings. The van der Waals surface area contributed by atoms with Crippen LogP contribution in [0.15, 0.2) is 12.1 Å². The minimum atomic E-state index is -0.698. The highest BCUT2D eigenvalue weighted by Gasteiger charge is 2.20. The Morgan fingerprint density at radius 1 is 1.35 bits per heavy atom. The van der Waals surface area contributed by atoms with E-state index in [-0.39, 0.29) is 10.6 Å². The molecule has 1 heterocycles. The van der Waals surface area contributed by atoms with Crippen LogP contribution in [0.5, 0.6) is 0 Å². The number of nitrogen functional groups attached to an aromatic ring is 1. The summed E-state index contributed by atoms with van der Waals surface area (Å²) in [5, 5.41) is 8.76. The Morgan fingerprint density at radius 3 is 2.65 bits per heavy atom. The number of hydrogen-bond acceptors (Lipinski definition) is 3. The number of anilines is 1. The van der Waals surface area contributed by atoms with E-state index in [1.54, 1.807) is 0 Å². The lowest BCUT2D eigenvalue weighted by atomic mass is 10.0. The molecule has 0 aliphatic carbocycles. The van der Waals surface area contributed by atoms with Gasteiger partial charge in [-0.25, -0.2) is 8.78 Å². The van der Waals surface area contributed by atoms with Crippen molar-refractivity contribution in [1.29, 1.82) is 5.26 Å². The molecule has 104 valence electrons. The van der Waals surface area contributed by atoms with Crippen LogP contribution in [0.25, 0.3) is 10.4 Å². The number of nitrogens with two attached hydrogens (primary N) is 1. The quantitative estimate of drug-likeness (QED) is 0.831. The van der Waals surface area contributed by atoms with Crippen LogP contribution in [0.3, 0.4) is 0 Å². The van der Waals surface area contributed by atoms with Crippen molar-refractivity contribution in [1.82, 2.24) is 0 Å². The summed E-state index contributed by atoms with van der Waals surface area (Å²) in [4.78, 5) is 0.812. The van der Waals surface area contributed by atoms with Gasteiger partial charge in [0.25, 0.3) is 0 Å². The van der Waals surface area contributed by atoms with Gasteiger partial charge in [0.05, 0.1) is 10.7 Å². The molecular formula is C14H11ClF2N2S. The number of hydrogen-bond donors (Lipinski definition) is 1. The van der Waals surface area contributed by atoms with Crippen molar-refractivity contribution in [3.8, 4) is 16.5 Å². The Kier molecular flexibility index (Phi) is 4.26. The topological polar surface area (TPSA) is 49.8 Å². The molecule has 0 spiro atoms. The molecule has 0 fully saturated rings. The summed E-state index contributed by atoms with van der Waals surface area (Å²) < 4.78 is 27.6. The van der Waals surface area contributed by atoms with Crippen molar-refractivity contribution in [3.63, 3.8) is 0 Å². The molecule has 2 nitrogen and oxygen atoms in total. The third kappa shape index (κ3) is 2.49. The monoisotopic (exact) mass is 312 g/mol. The van der Waals surface area contributed by atoms with Crippen molar-refractivity contribution in [2.45, 2.75) is 19.8 Å². The maximum absolute atomic E-state index is 14.0. The fourth-order valence-corrected chi connectivity index (χ4v) is 3.21. The smallest absolute Gasteiger partial charge is 0.142 e.